The lowest BCUT2D eigenvalue weighted by molar-refractivity contribution is -0.117. The van der Waals surface area contributed by atoms with Gasteiger partial charge >= 0.3 is 0 Å². The van der Waals surface area contributed by atoms with Crippen LogP contribution in [0.15, 0.2) is 54.6 Å². The van der Waals surface area contributed by atoms with E-state index in [0.29, 0.717) is 12.3 Å². The topological polar surface area (TPSA) is 23.6 Å². The van der Waals surface area contributed by atoms with E-state index in [1.165, 1.54) is 37.1 Å². The maximum Gasteiger partial charge on any atom is 0.231 e. The summed E-state index contributed by atoms with van der Waals surface area (Å²) in [5.74, 6) is 0.935. The Morgan fingerprint density at radius 2 is 1.67 bits per heavy atom. The maximum absolute atomic E-state index is 12.2. The fourth-order valence-corrected chi connectivity index (χ4v) is 4.42. The van der Waals surface area contributed by atoms with Gasteiger partial charge in [-0.1, -0.05) is 48.5 Å². The summed E-state index contributed by atoms with van der Waals surface area (Å²) in [7, 11) is 0. The zero-order valence-electron chi connectivity index (χ0n) is 15.8. The summed E-state index contributed by atoms with van der Waals surface area (Å²) in [5, 5.41) is 0. The number of hydrogen-bond acceptors (Lipinski definition) is 2. The summed E-state index contributed by atoms with van der Waals surface area (Å²) >= 11 is 0. The van der Waals surface area contributed by atoms with Gasteiger partial charge in [0.2, 0.25) is 5.91 Å². The van der Waals surface area contributed by atoms with Crippen molar-refractivity contribution in [3.05, 3.63) is 65.7 Å². The minimum atomic E-state index is 0. The number of anilines is 1. The van der Waals surface area contributed by atoms with Gasteiger partial charge in [-0.25, -0.2) is 0 Å². The molecule has 1 unspecified atom stereocenters. The second-order valence-corrected chi connectivity index (χ2v) is 7.61. The van der Waals surface area contributed by atoms with Crippen LogP contribution in [-0.2, 0) is 11.2 Å². The van der Waals surface area contributed by atoms with Crippen molar-refractivity contribution in [1.29, 1.82) is 0 Å². The summed E-state index contributed by atoms with van der Waals surface area (Å²) in [6.45, 7) is 4.39. The molecule has 2 aliphatic rings. The van der Waals surface area contributed by atoms with Crippen LogP contribution in [0.1, 0.15) is 42.7 Å². The molecule has 0 radical (unpaired) electrons. The Bertz CT molecular complexity index is 749. The zero-order chi connectivity index (χ0) is 17.8. The molecule has 3 nitrogen and oxygen atoms in total. The number of halogens is 1. The SMILES string of the molecule is Cl.O=C1Cc2ccccc2N1CCCCN1CCCC(c2ccccc2)C1. The molecule has 2 aromatic rings. The van der Waals surface area contributed by atoms with Crippen molar-refractivity contribution in [2.45, 2.75) is 38.0 Å². The lowest BCUT2D eigenvalue weighted by Crippen LogP contribution is -2.35. The number of hydrogen-bond donors (Lipinski definition) is 0. The third-order valence-corrected chi connectivity index (χ3v) is 5.81. The third-order valence-electron chi connectivity index (χ3n) is 5.81. The van der Waals surface area contributed by atoms with Crippen LogP contribution in [0.25, 0.3) is 0 Å². The van der Waals surface area contributed by atoms with Crippen LogP contribution in [0.3, 0.4) is 0 Å². The van der Waals surface area contributed by atoms with E-state index < -0.39 is 0 Å². The Balaban J connectivity index is 0.00000210. The predicted octanol–water partition coefficient (Wildman–Crippen LogP) is 4.66. The zero-order valence-corrected chi connectivity index (χ0v) is 16.7. The van der Waals surface area contributed by atoms with E-state index in [-0.39, 0.29) is 18.3 Å². The lowest BCUT2D eigenvalue weighted by Gasteiger charge is -2.33. The van der Waals surface area contributed by atoms with Gasteiger partial charge in [-0.05, 0) is 61.9 Å². The van der Waals surface area contributed by atoms with Crippen LogP contribution in [0, 0.1) is 0 Å². The van der Waals surface area contributed by atoms with Crippen molar-refractivity contribution in [2.75, 3.05) is 31.1 Å². The first-order valence-corrected chi connectivity index (χ1v) is 9.97. The highest BCUT2D eigenvalue weighted by Crippen LogP contribution is 2.29. The number of carbonyl (C=O) groups is 1. The van der Waals surface area contributed by atoms with E-state index in [4.69, 9.17) is 0 Å². The van der Waals surface area contributed by atoms with Crippen molar-refractivity contribution in [1.82, 2.24) is 4.90 Å². The summed E-state index contributed by atoms with van der Waals surface area (Å²) < 4.78 is 0. The van der Waals surface area contributed by atoms with E-state index in [2.05, 4.69) is 47.4 Å². The normalized spacial score (nSPS) is 19.6. The van der Waals surface area contributed by atoms with E-state index in [1.807, 2.05) is 17.0 Å². The molecule has 27 heavy (non-hydrogen) atoms. The van der Waals surface area contributed by atoms with Gasteiger partial charge in [-0.3, -0.25) is 4.79 Å². The second-order valence-electron chi connectivity index (χ2n) is 7.61. The lowest BCUT2D eigenvalue weighted by atomic mass is 9.90. The van der Waals surface area contributed by atoms with Gasteiger partial charge < -0.3 is 9.80 Å². The van der Waals surface area contributed by atoms with E-state index >= 15 is 0 Å². The molecule has 1 fully saturated rings. The molecule has 144 valence electrons. The molecular formula is C23H29ClN2O. The van der Waals surface area contributed by atoms with Crippen LogP contribution in [0.2, 0.25) is 0 Å². The Morgan fingerprint density at radius 3 is 2.52 bits per heavy atom. The first-order valence-electron chi connectivity index (χ1n) is 9.97. The highest BCUT2D eigenvalue weighted by Gasteiger charge is 2.26. The number of fused-ring (bicyclic) bond motifs is 1. The molecule has 2 aromatic carbocycles. The molecule has 4 heteroatoms. The van der Waals surface area contributed by atoms with Gasteiger partial charge in [0.15, 0.2) is 0 Å². The minimum absolute atomic E-state index is 0. The van der Waals surface area contributed by atoms with Crippen molar-refractivity contribution in [3.63, 3.8) is 0 Å². The first kappa shape index (κ1) is 19.9. The predicted molar refractivity (Wildman–Crippen MR) is 114 cm³/mol. The molecule has 2 aliphatic heterocycles. The van der Waals surface area contributed by atoms with Gasteiger partial charge in [0.1, 0.15) is 0 Å². The molecule has 0 saturated carbocycles. The quantitative estimate of drug-likeness (QED) is 0.676. The van der Waals surface area contributed by atoms with E-state index in [9.17, 15) is 4.79 Å². The van der Waals surface area contributed by atoms with Gasteiger partial charge in [-0.15, -0.1) is 12.4 Å². The Labute approximate surface area is 168 Å². The number of unbranched alkanes of at least 4 members (excludes halogenated alkanes) is 1. The standard InChI is InChI=1S/C23H28N2O.ClH/c26-23-17-20-11-4-5-13-22(20)25(23)16-7-6-14-24-15-8-12-21(18-24)19-9-2-1-3-10-19;/h1-5,9-11,13,21H,6-8,12,14-18H2;1H. The monoisotopic (exact) mass is 384 g/mol. The van der Waals surface area contributed by atoms with Crippen molar-refractivity contribution >= 4 is 24.0 Å². The van der Waals surface area contributed by atoms with E-state index in [0.717, 1.165) is 31.6 Å². The molecule has 0 aliphatic carbocycles. The van der Waals surface area contributed by atoms with Crippen LogP contribution < -0.4 is 4.90 Å². The van der Waals surface area contributed by atoms with Gasteiger partial charge in [0, 0.05) is 18.8 Å². The Kier molecular flexibility index (Phi) is 6.92. The maximum atomic E-state index is 12.2. The molecule has 0 aromatic heterocycles. The number of benzene rings is 2. The van der Waals surface area contributed by atoms with Crippen molar-refractivity contribution in [2.24, 2.45) is 0 Å². The molecule has 1 amide bonds. The molecule has 0 N–H and O–H groups in total. The minimum Gasteiger partial charge on any atom is -0.312 e. The number of piperidine rings is 1. The molecule has 0 bridgehead atoms. The summed E-state index contributed by atoms with van der Waals surface area (Å²) in [6, 6.07) is 19.1. The number of likely N-dealkylation sites (tertiary alicyclic amines) is 1. The van der Waals surface area contributed by atoms with Crippen LogP contribution in [-0.4, -0.2) is 37.0 Å². The number of rotatable bonds is 6. The van der Waals surface area contributed by atoms with E-state index in [1.54, 1.807) is 0 Å². The molecule has 1 saturated heterocycles. The fourth-order valence-electron chi connectivity index (χ4n) is 4.42. The molecule has 1 atom stereocenters. The molecule has 0 spiro atoms. The van der Waals surface area contributed by atoms with Gasteiger partial charge in [-0.2, -0.15) is 0 Å². The third kappa shape index (κ3) is 4.72. The summed E-state index contributed by atoms with van der Waals surface area (Å²) in [4.78, 5) is 16.8. The fraction of sp³-hybridized carbons (Fsp3) is 0.435. The number of carbonyl (C=O) groups excluding carboxylic acids is 1. The largest absolute Gasteiger partial charge is 0.312 e. The second kappa shape index (κ2) is 9.38. The number of amides is 1. The molecular weight excluding hydrogens is 356 g/mol. The highest BCUT2D eigenvalue weighted by atomic mass is 35.5. The molecule has 4 rings (SSSR count). The van der Waals surface area contributed by atoms with Gasteiger partial charge in [0.05, 0.1) is 6.42 Å². The Hall–Kier alpha value is -1.84. The summed E-state index contributed by atoms with van der Waals surface area (Å²) in [5.41, 5.74) is 3.79. The average molecular weight is 385 g/mol. The highest BCUT2D eigenvalue weighted by molar-refractivity contribution is 6.01. The first-order chi connectivity index (χ1) is 12.8. The van der Waals surface area contributed by atoms with Crippen molar-refractivity contribution < 1.29 is 4.79 Å². The van der Waals surface area contributed by atoms with Gasteiger partial charge in [0.25, 0.3) is 0 Å². The van der Waals surface area contributed by atoms with Crippen LogP contribution in [0.4, 0.5) is 5.69 Å². The van der Waals surface area contributed by atoms with Crippen molar-refractivity contribution in [3.8, 4) is 0 Å². The summed E-state index contributed by atoms with van der Waals surface area (Å²) in [6.07, 6.45) is 5.40. The van der Waals surface area contributed by atoms with Crippen LogP contribution >= 0.6 is 12.4 Å². The molecule has 2 heterocycles. The average Bonchev–Trinajstić information content (AvgIpc) is 3.01. The number of para-hydroxylation sites is 1. The Morgan fingerprint density at radius 1 is 0.926 bits per heavy atom. The number of nitrogens with zero attached hydrogens (tertiary/aromatic N) is 2. The smallest absolute Gasteiger partial charge is 0.231 e. The van der Waals surface area contributed by atoms with Crippen LogP contribution in [0.5, 0.6) is 0 Å².